The average Bonchev–Trinajstić information content (AvgIpc) is 2.79. The number of benzene rings is 1. The number of esters is 1. The van der Waals surface area contributed by atoms with Gasteiger partial charge in [0.05, 0.1) is 31.2 Å². The Labute approximate surface area is 141 Å². The van der Waals surface area contributed by atoms with Crippen LogP contribution in [0.25, 0.3) is 0 Å². The summed E-state index contributed by atoms with van der Waals surface area (Å²) in [6, 6.07) is 7.14. The molecular formula is C17H23N3O4. The molecule has 1 aliphatic rings. The second kappa shape index (κ2) is 7.44. The number of ether oxygens (including phenoxy) is 1. The summed E-state index contributed by atoms with van der Waals surface area (Å²) in [4.78, 5) is 39.5. The largest absolute Gasteiger partial charge is 0.466 e. The summed E-state index contributed by atoms with van der Waals surface area (Å²) in [5.41, 5.74) is 6.71. The molecule has 0 saturated carbocycles. The third kappa shape index (κ3) is 3.41. The van der Waals surface area contributed by atoms with Crippen molar-refractivity contribution in [3.8, 4) is 0 Å². The molecule has 3 atom stereocenters. The van der Waals surface area contributed by atoms with Gasteiger partial charge in [0, 0.05) is 7.05 Å². The lowest BCUT2D eigenvalue weighted by Crippen LogP contribution is -2.47. The van der Waals surface area contributed by atoms with Crippen molar-refractivity contribution in [2.45, 2.75) is 38.4 Å². The summed E-state index contributed by atoms with van der Waals surface area (Å²) in [6.07, 6.45) is -0.254. The SMILES string of the molecule is CCOC(=O)C[C@H](N)C(=O)N1C(=O)N(C)[C@@H](C)[C@H]1c1ccccc1. The van der Waals surface area contributed by atoms with E-state index in [1.54, 1.807) is 14.0 Å². The Morgan fingerprint density at radius 3 is 2.50 bits per heavy atom. The van der Waals surface area contributed by atoms with Crippen molar-refractivity contribution in [1.82, 2.24) is 9.80 Å². The quantitative estimate of drug-likeness (QED) is 0.820. The first kappa shape index (κ1) is 17.9. The highest BCUT2D eigenvalue weighted by atomic mass is 16.5. The fourth-order valence-electron chi connectivity index (χ4n) is 2.87. The molecule has 2 rings (SSSR count). The van der Waals surface area contributed by atoms with E-state index in [0.29, 0.717) is 0 Å². The number of nitrogens with zero attached hydrogens (tertiary/aromatic N) is 2. The second-order valence-electron chi connectivity index (χ2n) is 5.81. The predicted octanol–water partition coefficient (Wildman–Crippen LogP) is 1.29. The number of imide groups is 1. The number of urea groups is 1. The van der Waals surface area contributed by atoms with Crippen LogP contribution in [-0.2, 0) is 14.3 Å². The van der Waals surface area contributed by atoms with Crippen molar-refractivity contribution in [1.29, 1.82) is 0 Å². The summed E-state index contributed by atoms with van der Waals surface area (Å²) < 4.78 is 4.82. The summed E-state index contributed by atoms with van der Waals surface area (Å²) in [7, 11) is 1.65. The number of rotatable bonds is 5. The Hall–Kier alpha value is -2.41. The normalized spacial score (nSPS) is 21.8. The summed E-state index contributed by atoms with van der Waals surface area (Å²) in [5.74, 6) is -1.12. The number of carbonyl (C=O) groups is 3. The molecular weight excluding hydrogens is 310 g/mol. The van der Waals surface area contributed by atoms with E-state index in [1.165, 1.54) is 4.90 Å². The third-order valence-corrected chi connectivity index (χ3v) is 4.24. The maximum atomic E-state index is 12.7. The highest BCUT2D eigenvalue weighted by molar-refractivity contribution is 6.00. The Kier molecular flexibility index (Phi) is 5.56. The van der Waals surface area contributed by atoms with Gasteiger partial charge in [-0.3, -0.25) is 14.5 Å². The van der Waals surface area contributed by atoms with E-state index < -0.39 is 30.0 Å². The first-order chi connectivity index (χ1) is 11.4. The van der Waals surface area contributed by atoms with Crippen LogP contribution >= 0.6 is 0 Å². The lowest BCUT2D eigenvalue weighted by atomic mass is 9.99. The van der Waals surface area contributed by atoms with Gasteiger partial charge in [-0.1, -0.05) is 30.3 Å². The van der Waals surface area contributed by atoms with Gasteiger partial charge < -0.3 is 15.4 Å². The first-order valence-corrected chi connectivity index (χ1v) is 7.94. The van der Waals surface area contributed by atoms with Crippen molar-refractivity contribution < 1.29 is 19.1 Å². The van der Waals surface area contributed by atoms with E-state index >= 15 is 0 Å². The molecule has 0 radical (unpaired) electrons. The molecule has 1 aromatic rings. The van der Waals surface area contributed by atoms with Crippen molar-refractivity contribution in [2.24, 2.45) is 5.73 Å². The third-order valence-electron chi connectivity index (χ3n) is 4.24. The van der Waals surface area contributed by atoms with E-state index in [4.69, 9.17) is 10.5 Å². The van der Waals surface area contributed by atoms with Crippen LogP contribution in [0.15, 0.2) is 30.3 Å². The van der Waals surface area contributed by atoms with Gasteiger partial charge in [-0.25, -0.2) is 4.79 Å². The van der Waals surface area contributed by atoms with Crippen LogP contribution in [0.2, 0.25) is 0 Å². The van der Waals surface area contributed by atoms with Gasteiger partial charge in [-0.2, -0.15) is 0 Å². The lowest BCUT2D eigenvalue weighted by molar-refractivity contribution is -0.146. The van der Waals surface area contributed by atoms with Crippen LogP contribution in [-0.4, -0.2) is 53.4 Å². The zero-order chi connectivity index (χ0) is 17.9. The maximum absolute atomic E-state index is 12.7. The van der Waals surface area contributed by atoms with Gasteiger partial charge in [0.2, 0.25) is 5.91 Å². The maximum Gasteiger partial charge on any atom is 0.327 e. The molecule has 0 aliphatic carbocycles. The molecule has 1 aromatic carbocycles. The van der Waals surface area contributed by atoms with E-state index in [1.807, 2.05) is 37.3 Å². The highest BCUT2D eigenvalue weighted by Gasteiger charge is 2.46. The van der Waals surface area contributed by atoms with Gasteiger partial charge in [0.1, 0.15) is 0 Å². The van der Waals surface area contributed by atoms with Crippen LogP contribution in [0.3, 0.4) is 0 Å². The molecule has 2 N–H and O–H groups in total. The Morgan fingerprint density at radius 1 is 1.29 bits per heavy atom. The number of amides is 3. The topological polar surface area (TPSA) is 92.9 Å². The fourth-order valence-corrected chi connectivity index (χ4v) is 2.87. The summed E-state index contributed by atoms with van der Waals surface area (Å²) >= 11 is 0. The molecule has 1 aliphatic heterocycles. The molecule has 0 aromatic heterocycles. The van der Waals surface area contributed by atoms with E-state index in [0.717, 1.165) is 10.5 Å². The molecule has 1 saturated heterocycles. The zero-order valence-corrected chi connectivity index (χ0v) is 14.1. The van der Waals surface area contributed by atoms with Gasteiger partial charge in [-0.05, 0) is 19.4 Å². The van der Waals surface area contributed by atoms with Gasteiger partial charge in [0.25, 0.3) is 0 Å². The molecule has 130 valence electrons. The number of likely N-dealkylation sites (N-methyl/N-ethyl adjacent to an activating group) is 1. The molecule has 0 unspecified atom stereocenters. The lowest BCUT2D eigenvalue weighted by Gasteiger charge is -2.26. The van der Waals surface area contributed by atoms with Gasteiger partial charge in [-0.15, -0.1) is 0 Å². The van der Waals surface area contributed by atoms with E-state index in [9.17, 15) is 14.4 Å². The van der Waals surface area contributed by atoms with Crippen LogP contribution in [0.4, 0.5) is 4.79 Å². The van der Waals surface area contributed by atoms with Gasteiger partial charge >= 0.3 is 12.0 Å². The van der Waals surface area contributed by atoms with Crippen molar-refractivity contribution >= 4 is 17.9 Å². The van der Waals surface area contributed by atoms with Crippen LogP contribution < -0.4 is 5.73 Å². The smallest absolute Gasteiger partial charge is 0.327 e. The molecule has 1 fully saturated rings. The molecule has 1 heterocycles. The monoisotopic (exact) mass is 333 g/mol. The standard InChI is InChI=1S/C17H23N3O4/c1-4-24-14(21)10-13(18)16(22)20-15(11(2)19(3)17(20)23)12-8-6-5-7-9-12/h5-9,11,13,15H,4,10,18H2,1-3H3/t11-,13-,15-/m0/s1. The van der Waals surface area contributed by atoms with Crippen LogP contribution in [0.5, 0.6) is 0 Å². The van der Waals surface area contributed by atoms with Crippen LogP contribution in [0, 0.1) is 0 Å². The van der Waals surface area contributed by atoms with Crippen LogP contribution in [0.1, 0.15) is 31.9 Å². The first-order valence-electron chi connectivity index (χ1n) is 7.94. The minimum absolute atomic E-state index is 0.196. The number of nitrogens with two attached hydrogens (primary N) is 1. The van der Waals surface area contributed by atoms with Crippen molar-refractivity contribution in [2.75, 3.05) is 13.7 Å². The number of hydrogen-bond acceptors (Lipinski definition) is 5. The van der Waals surface area contributed by atoms with E-state index in [-0.39, 0.29) is 19.1 Å². The summed E-state index contributed by atoms with van der Waals surface area (Å²) in [6.45, 7) is 3.77. The summed E-state index contributed by atoms with van der Waals surface area (Å²) in [5, 5.41) is 0. The molecule has 24 heavy (non-hydrogen) atoms. The Bertz CT molecular complexity index is 620. The zero-order valence-electron chi connectivity index (χ0n) is 14.1. The van der Waals surface area contributed by atoms with Crippen molar-refractivity contribution in [3.63, 3.8) is 0 Å². The Morgan fingerprint density at radius 2 is 1.92 bits per heavy atom. The molecule has 3 amide bonds. The van der Waals surface area contributed by atoms with E-state index in [2.05, 4.69) is 0 Å². The number of carbonyl (C=O) groups excluding carboxylic acids is 3. The second-order valence-corrected chi connectivity index (χ2v) is 5.81. The molecule has 7 nitrogen and oxygen atoms in total. The molecule has 0 bridgehead atoms. The predicted molar refractivity (Wildman–Crippen MR) is 87.9 cm³/mol. The fraction of sp³-hybridized carbons (Fsp3) is 0.471. The minimum atomic E-state index is -1.11. The van der Waals surface area contributed by atoms with Gasteiger partial charge in [0.15, 0.2) is 0 Å². The Balaban J connectivity index is 2.26. The number of hydrogen-bond donors (Lipinski definition) is 1. The van der Waals surface area contributed by atoms with Crippen molar-refractivity contribution in [3.05, 3.63) is 35.9 Å². The average molecular weight is 333 g/mol. The minimum Gasteiger partial charge on any atom is -0.466 e. The molecule has 7 heteroatoms. The molecule has 0 spiro atoms. The highest BCUT2D eigenvalue weighted by Crippen LogP contribution is 2.34.